The van der Waals surface area contributed by atoms with Crippen molar-refractivity contribution in [3.05, 3.63) is 54.1 Å². The molecule has 0 amide bonds. The molecular formula is C16H18N2O3. The summed E-state index contributed by atoms with van der Waals surface area (Å²) in [7, 11) is 1.92. The van der Waals surface area contributed by atoms with Crippen molar-refractivity contribution in [1.82, 2.24) is 9.55 Å². The molecule has 1 fully saturated rings. The van der Waals surface area contributed by atoms with Crippen molar-refractivity contribution >= 4 is 5.97 Å². The van der Waals surface area contributed by atoms with Gasteiger partial charge in [0, 0.05) is 24.9 Å². The molecule has 0 unspecified atom stereocenters. The number of aryl methyl sites for hydroxylation is 1. The van der Waals surface area contributed by atoms with E-state index in [2.05, 4.69) is 4.98 Å². The lowest BCUT2D eigenvalue weighted by Gasteiger charge is -2.21. The molecule has 1 N–H and O–H groups in total. The Morgan fingerprint density at radius 3 is 2.86 bits per heavy atom. The van der Waals surface area contributed by atoms with Crippen molar-refractivity contribution in [2.24, 2.45) is 18.9 Å². The van der Waals surface area contributed by atoms with Crippen LogP contribution in [0, 0.1) is 11.8 Å². The molecule has 0 aliphatic carbocycles. The molecule has 1 aliphatic heterocycles. The highest BCUT2D eigenvalue weighted by molar-refractivity contribution is 5.75. The number of esters is 1. The molecule has 0 bridgehead atoms. The molecule has 2 aromatic rings. The molecule has 2 heterocycles. The summed E-state index contributed by atoms with van der Waals surface area (Å²) in [6.45, 7) is 0.346. The lowest BCUT2D eigenvalue weighted by molar-refractivity contribution is -0.144. The van der Waals surface area contributed by atoms with Crippen LogP contribution < -0.4 is 0 Å². The molecule has 110 valence electrons. The summed E-state index contributed by atoms with van der Waals surface area (Å²) in [6, 6.07) is 9.26. The third-order valence-corrected chi connectivity index (χ3v) is 4.09. The van der Waals surface area contributed by atoms with Gasteiger partial charge in [0.2, 0.25) is 0 Å². The normalized spacial score (nSPS) is 23.0. The number of aliphatic hydroxyl groups excluding tert-OH is 1. The highest BCUT2D eigenvalue weighted by Gasteiger charge is 2.42. The van der Waals surface area contributed by atoms with Crippen LogP contribution >= 0.6 is 0 Å². The summed E-state index contributed by atoms with van der Waals surface area (Å²) in [6.07, 6.45) is 3.35. The lowest BCUT2D eigenvalue weighted by atomic mass is 9.84. The first-order chi connectivity index (χ1) is 10.2. The van der Waals surface area contributed by atoms with Crippen molar-refractivity contribution < 1.29 is 14.6 Å². The van der Waals surface area contributed by atoms with Crippen LogP contribution in [0.1, 0.15) is 17.4 Å². The second-order valence-corrected chi connectivity index (χ2v) is 5.47. The maximum absolute atomic E-state index is 12.0. The van der Waals surface area contributed by atoms with Crippen LogP contribution in [-0.4, -0.2) is 27.2 Å². The number of carbonyl (C=O) groups excluding carboxylic acids is 1. The van der Waals surface area contributed by atoms with E-state index in [1.807, 2.05) is 41.9 Å². The fourth-order valence-corrected chi connectivity index (χ4v) is 2.86. The Kier molecular flexibility index (Phi) is 3.75. The van der Waals surface area contributed by atoms with E-state index in [1.165, 1.54) is 0 Å². The number of rotatable bonds is 4. The summed E-state index contributed by atoms with van der Waals surface area (Å²) < 4.78 is 7.11. The number of hydrogen-bond acceptors (Lipinski definition) is 4. The van der Waals surface area contributed by atoms with Gasteiger partial charge in [-0.25, -0.2) is 4.98 Å². The third kappa shape index (κ3) is 2.69. The SMILES string of the molecule is Cn1cncc1C[C@@H]1COC(=O)[C@H]1[C@@H](O)c1ccccc1. The first-order valence-electron chi connectivity index (χ1n) is 7.01. The molecule has 0 radical (unpaired) electrons. The smallest absolute Gasteiger partial charge is 0.312 e. The summed E-state index contributed by atoms with van der Waals surface area (Å²) in [5.41, 5.74) is 1.78. The Labute approximate surface area is 123 Å². The molecule has 5 heteroatoms. The van der Waals surface area contributed by atoms with Crippen LogP contribution in [0.25, 0.3) is 0 Å². The Morgan fingerprint density at radius 2 is 2.19 bits per heavy atom. The van der Waals surface area contributed by atoms with Gasteiger partial charge < -0.3 is 14.4 Å². The second kappa shape index (κ2) is 5.69. The minimum atomic E-state index is -0.834. The minimum Gasteiger partial charge on any atom is -0.465 e. The highest BCUT2D eigenvalue weighted by Crippen LogP contribution is 2.35. The van der Waals surface area contributed by atoms with Crippen LogP contribution in [0.3, 0.4) is 0 Å². The highest BCUT2D eigenvalue weighted by atomic mass is 16.5. The Balaban J connectivity index is 1.81. The number of aliphatic hydroxyl groups is 1. The maximum atomic E-state index is 12.0. The quantitative estimate of drug-likeness (QED) is 0.865. The van der Waals surface area contributed by atoms with Gasteiger partial charge >= 0.3 is 5.97 Å². The predicted molar refractivity (Wildman–Crippen MR) is 76.3 cm³/mol. The van der Waals surface area contributed by atoms with Gasteiger partial charge in [-0.2, -0.15) is 0 Å². The molecule has 1 aliphatic rings. The van der Waals surface area contributed by atoms with Crippen molar-refractivity contribution in [3.63, 3.8) is 0 Å². The number of cyclic esters (lactones) is 1. The van der Waals surface area contributed by atoms with E-state index in [-0.39, 0.29) is 11.9 Å². The zero-order chi connectivity index (χ0) is 14.8. The van der Waals surface area contributed by atoms with Crippen molar-refractivity contribution in [1.29, 1.82) is 0 Å². The summed E-state index contributed by atoms with van der Waals surface area (Å²) in [4.78, 5) is 16.1. The summed E-state index contributed by atoms with van der Waals surface area (Å²) in [5.74, 6) is -0.885. The van der Waals surface area contributed by atoms with Gasteiger partial charge in [0.25, 0.3) is 0 Å². The number of hydrogen-bond donors (Lipinski definition) is 1. The monoisotopic (exact) mass is 286 g/mol. The van der Waals surface area contributed by atoms with E-state index >= 15 is 0 Å². The molecule has 1 saturated heterocycles. The van der Waals surface area contributed by atoms with Gasteiger partial charge in [0.15, 0.2) is 0 Å². The molecular weight excluding hydrogens is 268 g/mol. The lowest BCUT2D eigenvalue weighted by Crippen LogP contribution is -2.26. The molecule has 21 heavy (non-hydrogen) atoms. The molecule has 1 aromatic carbocycles. The van der Waals surface area contributed by atoms with Crippen molar-refractivity contribution in [3.8, 4) is 0 Å². The first-order valence-corrected chi connectivity index (χ1v) is 7.01. The molecule has 5 nitrogen and oxygen atoms in total. The topological polar surface area (TPSA) is 64.4 Å². The fraction of sp³-hybridized carbons (Fsp3) is 0.375. The van der Waals surface area contributed by atoms with Crippen molar-refractivity contribution in [2.75, 3.05) is 6.61 Å². The zero-order valence-corrected chi connectivity index (χ0v) is 11.8. The number of carbonyl (C=O) groups is 1. The van der Waals surface area contributed by atoms with Gasteiger partial charge in [0.05, 0.1) is 25.0 Å². The van der Waals surface area contributed by atoms with Gasteiger partial charge in [-0.15, -0.1) is 0 Å². The van der Waals surface area contributed by atoms with E-state index in [0.717, 1.165) is 11.3 Å². The van der Waals surface area contributed by atoms with E-state index in [0.29, 0.717) is 13.0 Å². The van der Waals surface area contributed by atoms with E-state index in [9.17, 15) is 9.90 Å². The Hall–Kier alpha value is -2.14. The van der Waals surface area contributed by atoms with E-state index < -0.39 is 12.0 Å². The van der Waals surface area contributed by atoms with Gasteiger partial charge in [-0.1, -0.05) is 30.3 Å². The van der Waals surface area contributed by atoms with E-state index in [1.54, 1.807) is 12.5 Å². The molecule has 0 saturated carbocycles. The van der Waals surface area contributed by atoms with Crippen LogP contribution in [0.2, 0.25) is 0 Å². The second-order valence-electron chi connectivity index (χ2n) is 5.47. The summed E-state index contributed by atoms with van der Waals surface area (Å²) >= 11 is 0. The number of aromatic nitrogens is 2. The average Bonchev–Trinajstić information content (AvgIpc) is 3.06. The molecule has 3 atom stereocenters. The number of imidazole rings is 1. The number of benzene rings is 1. The first kappa shape index (κ1) is 13.8. The molecule has 1 aromatic heterocycles. The van der Waals surface area contributed by atoms with Crippen LogP contribution in [0.15, 0.2) is 42.9 Å². The van der Waals surface area contributed by atoms with Crippen LogP contribution in [-0.2, 0) is 23.0 Å². The standard InChI is InChI=1S/C16H18N2O3/c1-18-10-17-8-13(18)7-12-9-21-16(20)14(12)15(19)11-5-3-2-4-6-11/h2-6,8,10,12,14-15,19H,7,9H2,1H3/t12-,14-,15+/m1/s1. The number of ether oxygens (including phenoxy) is 1. The third-order valence-electron chi connectivity index (χ3n) is 4.09. The Morgan fingerprint density at radius 1 is 1.43 bits per heavy atom. The predicted octanol–water partition coefficient (Wildman–Crippen LogP) is 1.49. The summed E-state index contributed by atoms with van der Waals surface area (Å²) in [5, 5.41) is 10.5. The largest absolute Gasteiger partial charge is 0.465 e. The minimum absolute atomic E-state index is 0.0388. The van der Waals surface area contributed by atoms with Gasteiger partial charge in [0.1, 0.15) is 0 Å². The van der Waals surface area contributed by atoms with Gasteiger partial charge in [-0.05, 0) is 12.0 Å². The van der Waals surface area contributed by atoms with Gasteiger partial charge in [-0.3, -0.25) is 4.79 Å². The maximum Gasteiger partial charge on any atom is 0.312 e. The number of nitrogens with zero attached hydrogens (tertiary/aromatic N) is 2. The molecule has 0 spiro atoms. The Bertz CT molecular complexity index is 623. The van der Waals surface area contributed by atoms with E-state index in [4.69, 9.17) is 4.74 Å². The fourth-order valence-electron chi connectivity index (χ4n) is 2.86. The average molecular weight is 286 g/mol. The zero-order valence-electron chi connectivity index (χ0n) is 11.8. The van der Waals surface area contributed by atoms with Crippen molar-refractivity contribution in [2.45, 2.75) is 12.5 Å². The van der Waals surface area contributed by atoms with Crippen LogP contribution in [0.4, 0.5) is 0 Å². The molecule has 3 rings (SSSR count). The van der Waals surface area contributed by atoms with Crippen LogP contribution in [0.5, 0.6) is 0 Å².